The molecule has 0 aromatic heterocycles. The Balaban J connectivity index is 2.23. The Morgan fingerprint density at radius 2 is 1.81 bits per heavy atom. The molecular formula is C16H17FNO2S. The molecule has 2 rings (SSSR count). The van der Waals surface area contributed by atoms with Crippen LogP contribution in [0.25, 0.3) is 11.1 Å². The van der Waals surface area contributed by atoms with Crippen molar-refractivity contribution in [2.45, 2.75) is 12.6 Å². The van der Waals surface area contributed by atoms with Crippen LogP contribution in [0.4, 0.5) is 10.1 Å². The molecule has 111 valence electrons. The molecule has 1 atom stereocenters. The first-order valence-corrected chi connectivity index (χ1v) is 7.83. The van der Waals surface area contributed by atoms with Crippen LogP contribution < -0.4 is 5.32 Å². The molecule has 0 aliphatic rings. The van der Waals surface area contributed by atoms with Crippen molar-refractivity contribution in [3.8, 4) is 11.1 Å². The zero-order valence-corrected chi connectivity index (χ0v) is 12.6. The zero-order chi connectivity index (χ0) is 15.5. The lowest BCUT2D eigenvalue weighted by molar-refractivity contribution is 0.260. The smallest absolute Gasteiger partial charge is 0.158 e. The Labute approximate surface area is 125 Å². The van der Waals surface area contributed by atoms with Crippen LogP contribution in [-0.4, -0.2) is 14.3 Å². The quantitative estimate of drug-likeness (QED) is 0.833. The third-order valence-electron chi connectivity index (χ3n) is 3.09. The Kier molecular flexibility index (Phi) is 4.63. The van der Waals surface area contributed by atoms with E-state index in [-0.39, 0.29) is 5.88 Å². The van der Waals surface area contributed by atoms with Crippen LogP contribution >= 0.6 is 0 Å². The van der Waals surface area contributed by atoms with Gasteiger partial charge in [0, 0.05) is 5.69 Å². The van der Waals surface area contributed by atoms with Gasteiger partial charge in [-0.15, -0.1) is 0 Å². The number of nitrogens with one attached hydrogen (secondary N) is 1. The predicted octanol–water partition coefficient (Wildman–Crippen LogP) is 3.35. The summed E-state index contributed by atoms with van der Waals surface area (Å²) in [6.07, 6.45) is 0. The zero-order valence-electron chi connectivity index (χ0n) is 11.7. The van der Waals surface area contributed by atoms with Crippen molar-refractivity contribution in [3.63, 3.8) is 0 Å². The van der Waals surface area contributed by atoms with Gasteiger partial charge in [-0.05, 0) is 42.7 Å². The number of hydrogen-bond donors (Lipinski definition) is 2. The van der Waals surface area contributed by atoms with E-state index in [1.165, 1.54) is 6.92 Å². The van der Waals surface area contributed by atoms with Crippen LogP contribution in [0.1, 0.15) is 12.5 Å². The van der Waals surface area contributed by atoms with Crippen LogP contribution in [0, 0.1) is 6.92 Å². The SMILES string of the molecule is [CH2]C(C)(F)c1ccc(-c2cccc(NC[SH](=O)=O)c2)cc1. The van der Waals surface area contributed by atoms with Gasteiger partial charge >= 0.3 is 0 Å². The predicted molar refractivity (Wildman–Crippen MR) is 84.5 cm³/mol. The van der Waals surface area contributed by atoms with Crippen LogP contribution in [0.3, 0.4) is 0 Å². The molecule has 0 spiro atoms. The summed E-state index contributed by atoms with van der Waals surface area (Å²) in [5, 5.41) is 2.82. The number of hydrogen-bond acceptors (Lipinski definition) is 3. The number of thiol groups is 1. The molecule has 0 fully saturated rings. The topological polar surface area (TPSA) is 46.2 Å². The van der Waals surface area contributed by atoms with E-state index in [4.69, 9.17) is 0 Å². The maximum absolute atomic E-state index is 13.7. The third kappa shape index (κ3) is 4.29. The standard InChI is InChI=1S/C16H17FNO2S/c1-16(2,17)14-8-6-12(7-9-14)13-4-3-5-15(10-13)18-11-21(19)20/h3-10,18,21H,1,11H2,2H3. The fourth-order valence-corrected chi connectivity index (χ4v) is 2.29. The molecule has 1 unspecified atom stereocenters. The van der Waals surface area contributed by atoms with Gasteiger partial charge in [0.05, 0.1) is 0 Å². The molecule has 0 aliphatic heterocycles. The normalized spacial score (nSPS) is 11.6. The molecule has 0 bridgehead atoms. The summed E-state index contributed by atoms with van der Waals surface area (Å²) < 4.78 is 34.9. The lowest BCUT2D eigenvalue weighted by Gasteiger charge is -2.15. The van der Waals surface area contributed by atoms with Crippen molar-refractivity contribution in [2.24, 2.45) is 0 Å². The summed E-state index contributed by atoms with van der Waals surface area (Å²) in [7, 11) is -2.47. The third-order valence-corrected chi connectivity index (χ3v) is 3.51. The van der Waals surface area contributed by atoms with Crippen molar-refractivity contribution in [2.75, 3.05) is 11.2 Å². The maximum atomic E-state index is 13.7. The van der Waals surface area contributed by atoms with Crippen LogP contribution in [-0.2, 0) is 16.4 Å². The highest BCUT2D eigenvalue weighted by atomic mass is 32.2. The number of halogens is 1. The summed E-state index contributed by atoms with van der Waals surface area (Å²) in [6.45, 7) is 4.88. The van der Waals surface area contributed by atoms with Crippen molar-refractivity contribution < 1.29 is 12.8 Å². The minimum atomic E-state index is -2.47. The Morgan fingerprint density at radius 1 is 1.14 bits per heavy atom. The highest BCUT2D eigenvalue weighted by Gasteiger charge is 2.18. The molecule has 0 saturated heterocycles. The van der Waals surface area contributed by atoms with E-state index in [0.717, 1.165) is 16.8 Å². The number of anilines is 1. The first-order chi connectivity index (χ1) is 9.86. The maximum Gasteiger partial charge on any atom is 0.158 e. The van der Waals surface area contributed by atoms with Gasteiger partial charge in [0.2, 0.25) is 0 Å². The van der Waals surface area contributed by atoms with Gasteiger partial charge in [-0.3, -0.25) is 0 Å². The van der Waals surface area contributed by atoms with Crippen molar-refractivity contribution in [1.29, 1.82) is 0 Å². The van der Waals surface area contributed by atoms with Gasteiger partial charge in [-0.25, -0.2) is 12.8 Å². The van der Waals surface area contributed by atoms with E-state index in [1.54, 1.807) is 18.2 Å². The monoisotopic (exact) mass is 306 g/mol. The van der Waals surface area contributed by atoms with Crippen LogP contribution in [0.2, 0.25) is 0 Å². The molecule has 2 aromatic rings. The Bertz CT molecular complexity index is 680. The molecule has 0 heterocycles. The molecule has 2 aromatic carbocycles. The van der Waals surface area contributed by atoms with E-state index in [1.807, 2.05) is 30.3 Å². The van der Waals surface area contributed by atoms with Crippen LogP contribution in [0.5, 0.6) is 0 Å². The Hall–Kier alpha value is -1.88. The Morgan fingerprint density at radius 3 is 2.38 bits per heavy atom. The second kappa shape index (κ2) is 6.26. The second-order valence-electron chi connectivity index (χ2n) is 5.02. The van der Waals surface area contributed by atoms with Crippen LogP contribution in [0.15, 0.2) is 48.5 Å². The molecule has 1 radical (unpaired) electrons. The van der Waals surface area contributed by atoms with E-state index in [2.05, 4.69) is 12.2 Å². The molecule has 3 nitrogen and oxygen atoms in total. The van der Waals surface area contributed by atoms with Gasteiger partial charge in [0.1, 0.15) is 11.5 Å². The van der Waals surface area contributed by atoms with Crippen molar-refractivity contribution in [1.82, 2.24) is 0 Å². The summed E-state index contributed by atoms with van der Waals surface area (Å²) in [6, 6.07) is 14.5. The van der Waals surface area contributed by atoms with Gasteiger partial charge in [-0.2, -0.15) is 0 Å². The van der Waals surface area contributed by atoms with Gasteiger partial charge < -0.3 is 5.32 Å². The van der Waals surface area contributed by atoms with Crippen molar-refractivity contribution in [3.05, 3.63) is 61.0 Å². The minimum absolute atomic E-state index is 0.0978. The average Bonchev–Trinajstić information content (AvgIpc) is 2.45. The molecule has 0 aliphatic carbocycles. The average molecular weight is 306 g/mol. The molecule has 21 heavy (non-hydrogen) atoms. The summed E-state index contributed by atoms with van der Waals surface area (Å²) in [5.74, 6) is -0.0978. The number of alkyl halides is 1. The van der Waals surface area contributed by atoms with Gasteiger partial charge in [0.15, 0.2) is 10.7 Å². The van der Waals surface area contributed by atoms with E-state index < -0.39 is 16.4 Å². The lowest BCUT2D eigenvalue weighted by Crippen LogP contribution is -2.08. The highest BCUT2D eigenvalue weighted by molar-refractivity contribution is 7.72. The highest BCUT2D eigenvalue weighted by Crippen LogP contribution is 2.28. The molecular weight excluding hydrogens is 289 g/mol. The van der Waals surface area contributed by atoms with Gasteiger partial charge in [0.25, 0.3) is 0 Å². The number of benzene rings is 2. The molecule has 5 heteroatoms. The second-order valence-corrected chi connectivity index (χ2v) is 6.00. The first kappa shape index (κ1) is 15.5. The summed E-state index contributed by atoms with van der Waals surface area (Å²) in [5.41, 5.74) is 1.49. The van der Waals surface area contributed by atoms with E-state index in [0.29, 0.717) is 5.56 Å². The van der Waals surface area contributed by atoms with Gasteiger partial charge in [-0.1, -0.05) is 36.4 Å². The largest absolute Gasteiger partial charge is 0.372 e. The molecule has 0 saturated carbocycles. The fraction of sp³-hybridized carbons (Fsp3) is 0.188. The molecule has 1 N–H and O–H groups in total. The van der Waals surface area contributed by atoms with E-state index >= 15 is 0 Å². The minimum Gasteiger partial charge on any atom is -0.372 e. The lowest BCUT2D eigenvalue weighted by atomic mass is 9.97. The van der Waals surface area contributed by atoms with Crippen molar-refractivity contribution >= 4 is 16.4 Å². The summed E-state index contributed by atoms with van der Waals surface area (Å²) in [4.78, 5) is 0. The summed E-state index contributed by atoms with van der Waals surface area (Å²) >= 11 is 0. The van der Waals surface area contributed by atoms with E-state index in [9.17, 15) is 12.8 Å². The fourth-order valence-electron chi connectivity index (χ4n) is 1.97. The number of rotatable bonds is 5. The molecule has 0 amide bonds. The first-order valence-electron chi connectivity index (χ1n) is 6.47.